The molecule has 0 aliphatic carbocycles. The van der Waals surface area contributed by atoms with Crippen molar-refractivity contribution in [2.75, 3.05) is 0 Å². The highest BCUT2D eigenvalue weighted by molar-refractivity contribution is 6.42. The van der Waals surface area contributed by atoms with Gasteiger partial charge in [-0.25, -0.2) is 4.99 Å². The van der Waals surface area contributed by atoms with E-state index in [2.05, 4.69) is 11.9 Å². The number of nitrogens with zero attached hydrogens (tertiary/aromatic N) is 1. The summed E-state index contributed by atoms with van der Waals surface area (Å²) in [5.74, 6) is 0.666. The maximum Gasteiger partial charge on any atom is 0.0988 e. The zero-order valence-electron chi connectivity index (χ0n) is 10.5. The fraction of sp³-hybridized carbons (Fsp3) is 0.357. The number of rotatable bonds is 6. The minimum atomic E-state index is 0.540. The summed E-state index contributed by atoms with van der Waals surface area (Å²) < 4.78 is 0. The first kappa shape index (κ1) is 15.1. The summed E-state index contributed by atoms with van der Waals surface area (Å²) in [6, 6.07) is 5.44. The molecule has 18 heavy (non-hydrogen) atoms. The molecule has 0 fully saturated rings. The van der Waals surface area contributed by atoms with Crippen LogP contribution in [0.25, 0.3) is 6.08 Å². The molecule has 0 saturated heterocycles. The van der Waals surface area contributed by atoms with Crippen LogP contribution < -0.4 is 5.73 Å². The van der Waals surface area contributed by atoms with Gasteiger partial charge in [0.2, 0.25) is 0 Å². The number of nitrogens with two attached hydrogens (primary N) is 1. The molecular formula is C14H18Cl2N2. The Labute approximate surface area is 119 Å². The van der Waals surface area contributed by atoms with Crippen molar-refractivity contribution in [2.24, 2.45) is 10.7 Å². The summed E-state index contributed by atoms with van der Waals surface area (Å²) >= 11 is 11.7. The Balaban J connectivity index is 2.53. The van der Waals surface area contributed by atoms with Crippen LogP contribution in [-0.4, -0.2) is 5.84 Å². The van der Waals surface area contributed by atoms with Gasteiger partial charge in [-0.2, -0.15) is 0 Å². The number of hydrogen-bond donors (Lipinski definition) is 1. The van der Waals surface area contributed by atoms with Crippen LogP contribution in [0, 0.1) is 0 Å². The predicted octanol–water partition coefficient (Wildman–Crippen LogP) is 4.90. The lowest BCUT2D eigenvalue weighted by Gasteiger charge is -1.98. The third kappa shape index (κ3) is 5.56. The lowest BCUT2D eigenvalue weighted by atomic mass is 10.2. The molecule has 0 bridgehead atoms. The van der Waals surface area contributed by atoms with Gasteiger partial charge in [0.25, 0.3) is 0 Å². The van der Waals surface area contributed by atoms with Gasteiger partial charge in [-0.3, -0.25) is 0 Å². The fourth-order valence-corrected chi connectivity index (χ4v) is 1.76. The molecule has 2 N–H and O–H groups in total. The maximum absolute atomic E-state index is 5.91. The van der Waals surface area contributed by atoms with Crippen molar-refractivity contribution in [2.45, 2.75) is 32.6 Å². The van der Waals surface area contributed by atoms with E-state index in [1.54, 1.807) is 18.3 Å². The van der Waals surface area contributed by atoms with E-state index in [1.165, 1.54) is 12.8 Å². The van der Waals surface area contributed by atoms with Crippen molar-refractivity contribution in [3.8, 4) is 0 Å². The average molecular weight is 285 g/mol. The topological polar surface area (TPSA) is 38.4 Å². The Morgan fingerprint density at radius 2 is 2.06 bits per heavy atom. The summed E-state index contributed by atoms with van der Waals surface area (Å²) in [6.07, 6.45) is 7.86. The SMILES string of the molecule is CCCCCC(N)=N/C=C/c1ccc(Cl)c(Cl)c1. The van der Waals surface area contributed by atoms with E-state index in [0.717, 1.165) is 18.4 Å². The Kier molecular flexibility index (Phi) is 6.84. The quantitative estimate of drug-likeness (QED) is 0.450. The highest BCUT2D eigenvalue weighted by Crippen LogP contribution is 2.23. The lowest BCUT2D eigenvalue weighted by molar-refractivity contribution is 0.740. The molecule has 0 spiro atoms. The molecule has 0 amide bonds. The molecular weight excluding hydrogens is 267 g/mol. The van der Waals surface area contributed by atoms with Crippen molar-refractivity contribution in [3.63, 3.8) is 0 Å². The first-order valence-electron chi connectivity index (χ1n) is 6.07. The zero-order chi connectivity index (χ0) is 13.4. The lowest BCUT2D eigenvalue weighted by Crippen LogP contribution is -2.10. The Morgan fingerprint density at radius 1 is 1.28 bits per heavy atom. The van der Waals surface area contributed by atoms with Gasteiger partial charge in [0.05, 0.1) is 15.9 Å². The predicted molar refractivity (Wildman–Crippen MR) is 81.3 cm³/mol. The molecule has 0 aromatic heterocycles. The second-order valence-electron chi connectivity index (χ2n) is 4.07. The molecule has 0 radical (unpaired) electrons. The first-order valence-corrected chi connectivity index (χ1v) is 6.83. The first-order chi connectivity index (χ1) is 8.63. The monoisotopic (exact) mass is 284 g/mol. The van der Waals surface area contributed by atoms with Crippen molar-refractivity contribution in [1.82, 2.24) is 0 Å². The van der Waals surface area contributed by atoms with E-state index in [1.807, 2.05) is 12.1 Å². The Hall–Kier alpha value is -0.990. The second kappa shape index (κ2) is 8.17. The third-order valence-corrected chi connectivity index (χ3v) is 3.23. The Morgan fingerprint density at radius 3 is 2.72 bits per heavy atom. The van der Waals surface area contributed by atoms with Crippen LogP contribution in [0.1, 0.15) is 38.2 Å². The van der Waals surface area contributed by atoms with Crippen LogP contribution >= 0.6 is 23.2 Å². The van der Waals surface area contributed by atoms with Crippen molar-refractivity contribution < 1.29 is 0 Å². The molecule has 0 heterocycles. The normalized spacial score (nSPS) is 12.3. The number of aliphatic imine (C=N–C) groups is 1. The van der Waals surface area contributed by atoms with Gasteiger partial charge < -0.3 is 5.73 Å². The van der Waals surface area contributed by atoms with Gasteiger partial charge in [-0.15, -0.1) is 0 Å². The van der Waals surface area contributed by atoms with Crippen LogP contribution in [0.5, 0.6) is 0 Å². The van der Waals surface area contributed by atoms with Gasteiger partial charge >= 0.3 is 0 Å². The Bertz CT molecular complexity index is 439. The smallest absolute Gasteiger partial charge is 0.0988 e. The molecule has 0 aliphatic heterocycles. The second-order valence-corrected chi connectivity index (χ2v) is 4.88. The number of hydrogen-bond acceptors (Lipinski definition) is 1. The summed E-state index contributed by atoms with van der Waals surface area (Å²) in [5, 5.41) is 1.09. The van der Waals surface area contributed by atoms with Crippen LogP contribution in [-0.2, 0) is 0 Å². The molecule has 1 aromatic carbocycles. The molecule has 0 unspecified atom stereocenters. The summed E-state index contributed by atoms with van der Waals surface area (Å²) in [6.45, 7) is 2.16. The van der Waals surface area contributed by atoms with Gasteiger partial charge in [-0.1, -0.05) is 49.0 Å². The molecule has 2 nitrogen and oxygen atoms in total. The van der Waals surface area contributed by atoms with Crippen LogP contribution in [0.4, 0.5) is 0 Å². The number of amidine groups is 1. The van der Waals surface area contributed by atoms with Gasteiger partial charge in [-0.05, 0) is 30.2 Å². The van der Waals surface area contributed by atoms with Crippen molar-refractivity contribution in [3.05, 3.63) is 40.0 Å². The van der Waals surface area contributed by atoms with Crippen LogP contribution in [0.15, 0.2) is 29.4 Å². The number of unbranched alkanes of at least 4 members (excludes halogenated alkanes) is 2. The van der Waals surface area contributed by atoms with Gasteiger partial charge in [0.1, 0.15) is 0 Å². The minimum absolute atomic E-state index is 0.540. The highest BCUT2D eigenvalue weighted by atomic mass is 35.5. The molecule has 1 aromatic rings. The molecule has 0 atom stereocenters. The molecule has 1 rings (SSSR count). The zero-order valence-corrected chi connectivity index (χ0v) is 12.0. The number of halogens is 2. The van der Waals surface area contributed by atoms with E-state index in [9.17, 15) is 0 Å². The standard InChI is InChI=1S/C14H18Cl2N2/c1-2-3-4-5-14(17)18-9-8-11-6-7-12(15)13(16)10-11/h6-10H,2-5H2,1H3,(H2,17,18)/b9-8+. The average Bonchev–Trinajstić information content (AvgIpc) is 2.34. The fourth-order valence-electron chi connectivity index (χ4n) is 1.46. The van der Waals surface area contributed by atoms with E-state index >= 15 is 0 Å². The van der Waals surface area contributed by atoms with Crippen molar-refractivity contribution >= 4 is 35.1 Å². The summed E-state index contributed by atoms with van der Waals surface area (Å²) in [5.41, 5.74) is 6.74. The van der Waals surface area contributed by atoms with Gasteiger partial charge in [0, 0.05) is 12.6 Å². The molecule has 4 heteroatoms. The largest absolute Gasteiger partial charge is 0.387 e. The highest BCUT2D eigenvalue weighted by Gasteiger charge is 1.96. The van der Waals surface area contributed by atoms with Gasteiger partial charge in [0.15, 0.2) is 0 Å². The summed E-state index contributed by atoms with van der Waals surface area (Å²) in [4.78, 5) is 4.18. The van der Waals surface area contributed by atoms with E-state index in [0.29, 0.717) is 15.9 Å². The van der Waals surface area contributed by atoms with Crippen LogP contribution in [0.2, 0.25) is 10.0 Å². The maximum atomic E-state index is 5.91. The molecule has 0 aliphatic rings. The van der Waals surface area contributed by atoms with E-state index in [-0.39, 0.29) is 0 Å². The van der Waals surface area contributed by atoms with E-state index in [4.69, 9.17) is 28.9 Å². The molecule has 0 saturated carbocycles. The third-order valence-electron chi connectivity index (χ3n) is 2.49. The number of benzene rings is 1. The van der Waals surface area contributed by atoms with Crippen molar-refractivity contribution in [1.29, 1.82) is 0 Å². The summed E-state index contributed by atoms with van der Waals surface area (Å²) in [7, 11) is 0. The molecule has 98 valence electrons. The minimum Gasteiger partial charge on any atom is -0.387 e. The van der Waals surface area contributed by atoms with E-state index < -0.39 is 0 Å². The van der Waals surface area contributed by atoms with Crippen LogP contribution in [0.3, 0.4) is 0 Å².